The molecule has 3 radical (unpaired) electrons. The summed E-state index contributed by atoms with van der Waals surface area (Å²) >= 11 is 0. The van der Waals surface area contributed by atoms with E-state index in [1.807, 2.05) is 36.4 Å². The van der Waals surface area contributed by atoms with Gasteiger partial charge in [0.15, 0.2) is 0 Å². The number of rotatable bonds is 6. The van der Waals surface area contributed by atoms with Crippen molar-refractivity contribution < 1.29 is 113 Å². The molecule has 0 amide bonds. The van der Waals surface area contributed by atoms with Crippen molar-refractivity contribution in [3.8, 4) is 17.2 Å². The van der Waals surface area contributed by atoms with Gasteiger partial charge in [0.05, 0.1) is 0 Å². The van der Waals surface area contributed by atoms with Crippen LogP contribution < -0.4 is 0 Å². The van der Waals surface area contributed by atoms with E-state index in [0.717, 1.165) is 23.1 Å². The van der Waals surface area contributed by atoms with Gasteiger partial charge in [-0.2, -0.15) is 0 Å². The zero-order valence-corrected chi connectivity index (χ0v) is 27.7. The Kier molecular flexibility index (Phi) is 13.9. The number of aryl methyl sites for hydroxylation is 1. The fraction of sp³-hybridized carbons (Fsp3) is 0.143. The van der Waals surface area contributed by atoms with E-state index in [0.29, 0.717) is 0 Å². The van der Waals surface area contributed by atoms with E-state index in [-0.39, 0.29) is 127 Å². The smallest absolute Gasteiger partial charge is 0.115 e. The third-order valence-corrected chi connectivity index (χ3v) is 5.84. The normalized spacial score (nSPS) is 11.0. The predicted molar refractivity (Wildman–Crippen MR) is 124 cm³/mol. The van der Waals surface area contributed by atoms with E-state index in [1.165, 1.54) is 11.1 Å². The van der Waals surface area contributed by atoms with Gasteiger partial charge in [0.25, 0.3) is 0 Å². The molecule has 0 spiro atoms. The van der Waals surface area contributed by atoms with Crippen molar-refractivity contribution in [1.29, 1.82) is 0 Å². The molecule has 6 heteroatoms. The molecule has 4 aromatic rings. The van der Waals surface area contributed by atoms with Crippen molar-refractivity contribution in [1.82, 2.24) is 0 Å². The average molecular weight is 677 g/mol. The molecule has 0 aliphatic heterocycles. The van der Waals surface area contributed by atoms with Crippen LogP contribution in [0.1, 0.15) is 46.1 Å². The van der Waals surface area contributed by atoms with Crippen molar-refractivity contribution in [3.05, 3.63) is 125 Å². The molecule has 0 bridgehead atoms. The Morgan fingerprint density at radius 2 is 0.676 bits per heavy atom. The van der Waals surface area contributed by atoms with Crippen LogP contribution in [-0.4, -0.2) is 15.3 Å². The summed E-state index contributed by atoms with van der Waals surface area (Å²) < 4.78 is 0. The third-order valence-electron chi connectivity index (χ3n) is 5.84. The maximum Gasteiger partial charge on any atom is 0.115 e. The van der Waals surface area contributed by atoms with Gasteiger partial charge < -0.3 is 15.3 Å². The molecule has 0 aromatic heterocycles. The summed E-state index contributed by atoms with van der Waals surface area (Å²) in [4.78, 5) is 0. The molecule has 0 heterocycles. The molecule has 4 rings (SSSR count). The van der Waals surface area contributed by atoms with Gasteiger partial charge in [-0.3, -0.25) is 0 Å². The first kappa shape index (κ1) is 31.6. The van der Waals surface area contributed by atoms with Crippen LogP contribution in [-0.2, 0) is 98.1 Å². The predicted octanol–water partition coefficient (Wildman–Crippen LogP) is 6.46. The molecule has 1 unspecified atom stereocenters. The Morgan fingerprint density at radius 3 is 0.941 bits per heavy atom. The summed E-state index contributed by atoms with van der Waals surface area (Å²) in [5.41, 5.74) is 5.74. The summed E-state index contributed by atoms with van der Waals surface area (Å²) in [5, 5.41) is 29.3. The first-order valence-corrected chi connectivity index (χ1v) is 10.4. The maximum atomic E-state index is 9.79. The minimum Gasteiger partial charge on any atom is -0.508 e. The Morgan fingerprint density at radius 1 is 0.441 bits per heavy atom. The van der Waals surface area contributed by atoms with Gasteiger partial charge in [-0.25, -0.2) is 0 Å². The van der Waals surface area contributed by atoms with Crippen LogP contribution in [0.3, 0.4) is 0 Å². The minimum absolute atomic E-state index is 0. The number of phenols is 3. The number of phenolic OH excluding ortho intramolecular Hbond substituents is 3. The Balaban J connectivity index is 0.00000193. The van der Waals surface area contributed by atoms with Crippen molar-refractivity contribution in [2.45, 2.75) is 25.2 Å². The van der Waals surface area contributed by atoms with Gasteiger partial charge in [-0.05, 0) is 72.0 Å². The number of benzene rings is 4. The summed E-state index contributed by atoms with van der Waals surface area (Å²) in [6, 6.07) is 30.7. The number of hydrogen-bond acceptors (Lipinski definition) is 3. The second-order valence-electron chi connectivity index (χ2n) is 8.03. The molecule has 0 fully saturated rings. The van der Waals surface area contributed by atoms with Crippen LogP contribution in [0.15, 0.2) is 97.1 Å². The minimum atomic E-state index is 0. The first-order valence-electron chi connectivity index (χ1n) is 10.4. The van der Waals surface area contributed by atoms with Crippen molar-refractivity contribution >= 4 is 0 Å². The zero-order valence-electron chi connectivity index (χ0n) is 19.2. The largest absolute Gasteiger partial charge is 0.508 e. The Hall–Kier alpha value is -0.408. The van der Waals surface area contributed by atoms with Crippen LogP contribution in [0, 0.1) is 6.92 Å². The van der Waals surface area contributed by atoms with Crippen LogP contribution in [0.5, 0.6) is 17.2 Å². The summed E-state index contributed by atoms with van der Waals surface area (Å²) in [5.74, 6) is 0.888. The summed E-state index contributed by atoms with van der Waals surface area (Å²) in [6.07, 6.45) is 0.795. The zero-order chi connectivity index (χ0) is 21.8. The SMILES string of the molecule is Cc1ccc(C(CC(c2ccc(O)cc2)c2ccc(O)cc2)c2ccc(O)cc2)cc1.[Y].[Y].[Y]. The van der Waals surface area contributed by atoms with Crippen LogP contribution >= 0.6 is 0 Å². The average Bonchev–Trinajstić information content (AvgIpc) is 2.78. The van der Waals surface area contributed by atoms with Gasteiger partial charge in [0, 0.05) is 110 Å². The van der Waals surface area contributed by atoms with E-state index < -0.39 is 0 Å². The molecule has 0 aliphatic rings. The molecular formula is C28H26O3Y3. The second kappa shape index (κ2) is 15.0. The van der Waals surface area contributed by atoms with Crippen molar-refractivity contribution in [2.75, 3.05) is 0 Å². The van der Waals surface area contributed by atoms with Crippen LogP contribution in [0.4, 0.5) is 0 Å². The van der Waals surface area contributed by atoms with Crippen LogP contribution in [0.25, 0.3) is 0 Å². The Bertz CT molecular complexity index is 944. The van der Waals surface area contributed by atoms with Gasteiger partial charge in [-0.1, -0.05) is 66.2 Å². The van der Waals surface area contributed by atoms with Gasteiger partial charge in [-0.15, -0.1) is 0 Å². The van der Waals surface area contributed by atoms with Crippen LogP contribution in [0.2, 0.25) is 0 Å². The molecule has 1 atom stereocenters. The first-order chi connectivity index (χ1) is 15.0. The molecule has 0 saturated carbocycles. The number of hydrogen-bond donors (Lipinski definition) is 3. The molecule has 3 N–H and O–H groups in total. The van der Waals surface area contributed by atoms with E-state index >= 15 is 0 Å². The maximum absolute atomic E-state index is 9.79. The van der Waals surface area contributed by atoms with E-state index in [4.69, 9.17) is 0 Å². The molecular weight excluding hydrogens is 651 g/mol. The second-order valence-corrected chi connectivity index (χ2v) is 8.03. The van der Waals surface area contributed by atoms with Crippen molar-refractivity contribution in [2.24, 2.45) is 0 Å². The molecule has 3 nitrogen and oxygen atoms in total. The quantitative estimate of drug-likeness (QED) is 0.220. The molecule has 34 heavy (non-hydrogen) atoms. The summed E-state index contributed by atoms with van der Waals surface area (Å²) in [7, 11) is 0. The standard InChI is InChI=1S/C28H26O3.3Y/c1-19-2-4-20(5-3-19)27(21-6-12-24(29)13-7-21)18-28(22-8-14-25(30)15-9-22)23-10-16-26(31)17-11-23;;;/h2-17,27-31H,18H2,1H3;;;. The number of aromatic hydroxyl groups is 3. The Labute approximate surface area is 277 Å². The van der Waals surface area contributed by atoms with Gasteiger partial charge in [0.2, 0.25) is 0 Å². The van der Waals surface area contributed by atoms with Crippen molar-refractivity contribution in [3.63, 3.8) is 0 Å². The molecule has 0 aliphatic carbocycles. The fourth-order valence-electron chi connectivity index (χ4n) is 4.08. The monoisotopic (exact) mass is 677 g/mol. The third kappa shape index (κ3) is 8.33. The van der Waals surface area contributed by atoms with E-state index in [2.05, 4.69) is 31.2 Å². The fourth-order valence-corrected chi connectivity index (χ4v) is 4.08. The van der Waals surface area contributed by atoms with Gasteiger partial charge in [0.1, 0.15) is 17.2 Å². The molecule has 165 valence electrons. The topological polar surface area (TPSA) is 60.7 Å². The van der Waals surface area contributed by atoms with E-state index in [9.17, 15) is 15.3 Å². The van der Waals surface area contributed by atoms with Gasteiger partial charge >= 0.3 is 0 Å². The molecule has 0 saturated heterocycles. The summed E-state index contributed by atoms with van der Waals surface area (Å²) in [6.45, 7) is 2.08. The molecule has 4 aromatic carbocycles. The van der Waals surface area contributed by atoms with E-state index in [1.54, 1.807) is 36.4 Å².